The van der Waals surface area contributed by atoms with E-state index in [2.05, 4.69) is 41.5 Å². The van der Waals surface area contributed by atoms with Crippen molar-refractivity contribution in [2.45, 2.75) is 41.5 Å². The van der Waals surface area contributed by atoms with Crippen LogP contribution in [0.4, 0.5) is 0 Å². The molecule has 0 aromatic heterocycles. The Morgan fingerprint density at radius 2 is 1.18 bits per heavy atom. The average molecular weight is 172 g/mol. The van der Waals surface area contributed by atoms with Gasteiger partial charge in [-0.05, 0) is 22.1 Å². The van der Waals surface area contributed by atoms with Gasteiger partial charge < -0.3 is 0 Å². The van der Waals surface area contributed by atoms with Gasteiger partial charge in [0.1, 0.15) is 0 Å². The summed E-state index contributed by atoms with van der Waals surface area (Å²) in [5.41, 5.74) is 0.583. The third-order valence-electron chi connectivity index (χ3n) is 2.00. The lowest BCUT2D eigenvalue weighted by atomic mass is 9.68. The van der Waals surface area contributed by atoms with Crippen LogP contribution in [0, 0.1) is 16.7 Å². The zero-order valence-electron chi connectivity index (χ0n) is 8.56. The van der Waals surface area contributed by atoms with Gasteiger partial charge >= 0.3 is 0 Å². The summed E-state index contributed by atoms with van der Waals surface area (Å²) in [6, 6.07) is 0. The van der Waals surface area contributed by atoms with Gasteiger partial charge in [0.25, 0.3) is 0 Å². The Morgan fingerprint density at radius 1 is 0.909 bits per heavy atom. The standard InChI is InChI=1S/C10H20S/c1-9(2,3)8(7-11)10(4,5)6/h7-8H,1-6H3. The summed E-state index contributed by atoms with van der Waals surface area (Å²) >= 11 is 5.04. The highest BCUT2D eigenvalue weighted by molar-refractivity contribution is 7.79. The molecule has 0 aromatic carbocycles. The maximum absolute atomic E-state index is 5.04. The van der Waals surface area contributed by atoms with Crippen LogP contribution in [0.15, 0.2) is 0 Å². The predicted molar refractivity (Wildman–Crippen MR) is 56.1 cm³/mol. The Morgan fingerprint density at radius 3 is 1.18 bits per heavy atom. The molecule has 0 radical (unpaired) electrons. The minimum absolute atomic E-state index is 0.292. The van der Waals surface area contributed by atoms with Gasteiger partial charge in [-0.2, -0.15) is 0 Å². The molecule has 0 spiro atoms. The molecule has 0 aromatic rings. The highest BCUT2D eigenvalue weighted by Gasteiger charge is 2.32. The molecule has 1 heteroatoms. The number of rotatable bonds is 1. The average Bonchev–Trinajstić information content (AvgIpc) is 1.56. The monoisotopic (exact) mass is 172 g/mol. The highest BCUT2D eigenvalue weighted by atomic mass is 32.1. The quantitative estimate of drug-likeness (QED) is 0.544. The molecular formula is C10H20S. The van der Waals surface area contributed by atoms with Crippen LogP contribution in [0.3, 0.4) is 0 Å². The fourth-order valence-electron chi connectivity index (χ4n) is 1.71. The topological polar surface area (TPSA) is 0 Å². The molecule has 0 heterocycles. The Balaban J connectivity index is 4.56. The van der Waals surface area contributed by atoms with E-state index in [0.29, 0.717) is 16.7 Å². The second kappa shape index (κ2) is 3.22. The first-order valence-electron chi connectivity index (χ1n) is 4.15. The lowest BCUT2D eigenvalue weighted by Gasteiger charge is -2.37. The summed E-state index contributed by atoms with van der Waals surface area (Å²) in [6.45, 7) is 13.5. The van der Waals surface area contributed by atoms with Crippen molar-refractivity contribution in [2.75, 3.05) is 0 Å². The second-order valence-electron chi connectivity index (χ2n) is 5.35. The van der Waals surface area contributed by atoms with Crippen LogP contribution in [0.2, 0.25) is 0 Å². The van der Waals surface area contributed by atoms with Gasteiger partial charge in [0.05, 0.1) is 0 Å². The molecule has 0 saturated carbocycles. The van der Waals surface area contributed by atoms with E-state index < -0.39 is 0 Å². The second-order valence-corrected chi connectivity index (χ2v) is 5.62. The third kappa shape index (κ3) is 3.33. The SMILES string of the molecule is CC(C)(C)C(C=S)C(C)(C)C. The van der Waals surface area contributed by atoms with Crippen molar-refractivity contribution < 1.29 is 0 Å². The van der Waals surface area contributed by atoms with Crippen molar-refractivity contribution in [1.82, 2.24) is 0 Å². The van der Waals surface area contributed by atoms with Crippen LogP contribution in [-0.4, -0.2) is 5.37 Å². The van der Waals surface area contributed by atoms with Crippen LogP contribution < -0.4 is 0 Å². The van der Waals surface area contributed by atoms with E-state index in [1.54, 1.807) is 0 Å². The molecule has 0 aliphatic carbocycles. The summed E-state index contributed by atoms with van der Waals surface area (Å²) in [7, 11) is 0. The van der Waals surface area contributed by atoms with Crippen LogP contribution >= 0.6 is 12.2 Å². The van der Waals surface area contributed by atoms with Crippen molar-refractivity contribution in [1.29, 1.82) is 0 Å². The van der Waals surface area contributed by atoms with E-state index in [4.69, 9.17) is 12.2 Å². The van der Waals surface area contributed by atoms with Crippen LogP contribution in [0.25, 0.3) is 0 Å². The van der Waals surface area contributed by atoms with E-state index in [1.165, 1.54) is 0 Å². The molecule has 0 N–H and O–H groups in total. The van der Waals surface area contributed by atoms with E-state index >= 15 is 0 Å². The van der Waals surface area contributed by atoms with Crippen LogP contribution in [0.5, 0.6) is 0 Å². The molecule has 0 aliphatic rings. The van der Waals surface area contributed by atoms with Gasteiger partial charge in [0, 0.05) is 0 Å². The van der Waals surface area contributed by atoms with Gasteiger partial charge in [-0.1, -0.05) is 53.8 Å². The fourth-order valence-corrected chi connectivity index (χ4v) is 2.52. The minimum Gasteiger partial charge on any atom is -0.0931 e. The summed E-state index contributed by atoms with van der Waals surface area (Å²) in [6.07, 6.45) is 0. The van der Waals surface area contributed by atoms with Gasteiger partial charge in [-0.15, -0.1) is 0 Å². The van der Waals surface area contributed by atoms with Crippen molar-refractivity contribution in [3.63, 3.8) is 0 Å². The molecule has 0 atom stereocenters. The lowest BCUT2D eigenvalue weighted by molar-refractivity contribution is 0.173. The number of hydrogen-bond acceptors (Lipinski definition) is 1. The van der Waals surface area contributed by atoms with E-state index in [9.17, 15) is 0 Å². The largest absolute Gasteiger partial charge is 0.0931 e. The molecular weight excluding hydrogens is 152 g/mol. The zero-order valence-corrected chi connectivity index (χ0v) is 9.38. The van der Waals surface area contributed by atoms with Gasteiger partial charge in [-0.3, -0.25) is 0 Å². The van der Waals surface area contributed by atoms with Crippen molar-refractivity contribution in [2.24, 2.45) is 16.7 Å². The van der Waals surface area contributed by atoms with Crippen molar-refractivity contribution in [3.05, 3.63) is 0 Å². The molecule has 66 valence electrons. The number of thiocarbonyl (C=S) groups is 1. The zero-order chi connectivity index (χ0) is 9.28. The first kappa shape index (κ1) is 11.1. The van der Waals surface area contributed by atoms with E-state index in [-0.39, 0.29) is 0 Å². The molecule has 11 heavy (non-hydrogen) atoms. The first-order chi connectivity index (χ1) is 4.69. The normalized spacial score (nSPS) is 13.7. The summed E-state index contributed by atoms with van der Waals surface area (Å²) in [4.78, 5) is 0. The molecule has 0 nitrogen and oxygen atoms in total. The number of hydrogen-bond donors (Lipinski definition) is 0. The third-order valence-corrected chi connectivity index (χ3v) is 2.27. The maximum Gasteiger partial charge on any atom is -0.00311 e. The van der Waals surface area contributed by atoms with Crippen molar-refractivity contribution in [3.8, 4) is 0 Å². The van der Waals surface area contributed by atoms with E-state index in [0.717, 1.165) is 0 Å². The Kier molecular flexibility index (Phi) is 3.25. The van der Waals surface area contributed by atoms with Gasteiger partial charge in [-0.25, -0.2) is 0 Å². The smallest absolute Gasteiger partial charge is 0.00311 e. The molecule has 0 saturated heterocycles. The van der Waals surface area contributed by atoms with Crippen molar-refractivity contribution >= 4 is 17.6 Å². The summed E-state index contributed by atoms with van der Waals surface area (Å²) in [5.74, 6) is 0.505. The summed E-state index contributed by atoms with van der Waals surface area (Å²) in [5, 5.41) is 1.92. The Labute approximate surface area is 76.4 Å². The maximum atomic E-state index is 5.04. The van der Waals surface area contributed by atoms with Crippen LogP contribution in [-0.2, 0) is 0 Å². The first-order valence-corrected chi connectivity index (χ1v) is 4.62. The molecule has 0 bridgehead atoms. The highest BCUT2D eigenvalue weighted by Crippen LogP contribution is 2.38. The Hall–Kier alpha value is 0.0900. The molecule has 0 unspecified atom stereocenters. The summed E-state index contributed by atoms with van der Waals surface area (Å²) < 4.78 is 0. The molecule has 0 rings (SSSR count). The van der Waals surface area contributed by atoms with Gasteiger partial charge in [0.15, 0.2) is 0 Å². The fraction of sp³-hybridized carbons (Fsp3) is 0.900. The molecule has 0 fully saturated rings. The molecule has 0 aliphatic heterocycles. The lowest BCUT2D eigenvalue weighted by Crippen LogP contribution is -2.33. The minimum atomic E-state index is 0.292. The van der Waals surface area contributed by atoms with Gasteiger partial charge in [0.2, 0.25) is 0 Å². The molecule has 0 amide bonds. The van der Waals surface area contributed by atoms with E-state index in [1.807, 2.05) is 5.37 Å². The Bertz CT molecular complexity index is 120. The van der Waals surface area contributed by atoms with Crippen LogP contribution in [0.1, 0.15) is 41.5 Å². The predicted octanol–water partition coefficient (Wildman–Crippen LogP) is 3.69.